The number of ether oxygens (including phenoxy) is 1. The van der Waals surface area contributed by atoms with Crippen LogP contribution in [0.2, 0.25) is 0 Å². The van der Waals surface area contributed by atoms with E-state index in [2.05, 4.69) is 29.0 Å². The molecule has 0 aromatic heterocycles. The summed E-state index contributed by atoms with van der Waals surface area (Å²) in [6.07, 6.45) is 0.159. The molecule has 188 valence electrons. The molecular weight excluding hydrogens is 475 g/mol. The summed E-state index contributed by atoms with van der Waals surface area (Å²) in [5.41, 5.74) is 6.09. The number of likely N-dealkylation sites (tertiary alicyclic amines) is 1. The third kappa shape index (κ3) is 4.70. The number of carbonyl (C=O) groups is 1. The number of rotatable bonds is 6. The summed E-state index contributed by atoms with van der Waals surface area (Å²) in [5, 5.41) is -0.0802. The standard InChI is InChI=1S/C29H31FN2O3S/c1-18(2)36(34)31-27-12-13-32(28(27)20-14-19(3)15-21(30)16-20)29(33)35-17-26-24-10-6-4-8-22(24)23-9-5-7-11-25(23)26/h4-11,14-16,18,26-28,31H,12-13,17H2,1-3H3/t27-,28-,36?/m1/s1. The minimum absolute atomic E-state index is 0.0406. The van der Waals surface area contributed by atoms with Crippen molar-refractivity contribution in [3.05, 3.63) is 94.8 Å². The van der Waals surface area contributed by atoms with Gasteiger partial charge in [-0.15, -0.1) is 0 Å². The highest BCUT2D eigenvalue weighted by Gasteiger charge is 2.41. The molecule has 36 heavy (non-hydrogen) atoms. The zero-order valence-corrected chi connectivity index (χ0v) is 21.6. The lowest BCUT2D eigenvalue weighted by atomic mass is 9.98. The van der Waals surface area contributed by atoms with Crippen LogP contribution in [0.1, 0.15) is 54.5 Å². The van der Waals surface area contributed by atoms with Crippen molar-refractivity contribution < 1.29 is 18.1 Å². The minimum Gasteiger partial charge on any atom is -0.448 e. The first-order chi connectivity index (χ1) is 17.3. The Balaban J connectivity index is 1.39. The molecule has 0 spiro atoms. The molecule has 3 atom stereocenters. The number of benzene rings is 3. The number of nitrogens with zero attached hydrogens (tertiary/aromatic N) is 1. The first-order valence-corrected chi connectivity index (χ1v) is 13.6. The van der Waals surface area contributed by atoms with Crippen molar-refractivity contribution in [2.75, 3.05) is 13.2 Å². The predicted molar refractivity (Wildman–Crippen MR) is 140 cm³/mol. The van der Waals surface area contributed by atoms with E-state index in [4.69, 9.17) is 4.74 Å². The molecule has 1 aliphatic heterocycles. The number of fused-ring (bicyclic) bond motifs is 3. The number of nitrogens with one attached hydrogen (secondary N) is 1. The fourth-order valence-electron chi connectivity index (χ4n) is 5.43. The Hall–Kier alpha value is -3.03. The molecule has 0 bridgehead atoms. The van der Waals surface area contributed by atoms with E-state index in [1.54, 1.807) is 4.90 Å². The van der Waals surface area contributed by atoms with E-state index in [1.165, 1.54) is 23.3 Å². The van der Waals surface area contributed by atoms with E-state index >= 15 is 0 Å². The van der Waals surface area contributed by atoms with Crippen LogP contribution in [-0.4, -0.2) is 39.6 Å². The molecule has 1 heterocycles. The van der Waals surface area contributed by atoms with Crippen molar-refractivity contribution >= 4 is 17.1 Å². The number of hydrogen-bond donors (Lipinski definition) is 1. The van der Waals surface area contributed by atoms with E-state index in [0.717, 1.165) is 16.7 Å². The number of halogens is 1. The van der Waals surface area contributed by atoms with Crippen LogP contribution in [0.15, 0.2) is 66.7 Å². The van der Waals surface area contributed by atoms with Gasteiger partial charge in [-0.2, -0.15) is 0 Å². The first-order valence-electron chi connectivity index (χ1n) is 12.4. The fourth-order valence-corrected chi connectivity index (χ4v) is 6.25. The van der Waals surface area contributed by atoms with Crippen LogP contribution in [0.4, 0.5) is 9.18 Å². The monoisotopic (exact) mass is 506 g/mol. The van der Waals surface area contributed by atoms with Gasteiger partial charge in [0, 0.05) is 23.8 Å². The minimum atomic E-state index is -1.27. The second-order valence-electron chi connectivity index (χ2n) is 9.86. The Labute approximate surface area is 214 Å². The van der Waals surface area contributed by atoms with Gasteiger partial charge in [0.25, 0.3) is 0 Å². The predicted octanol–water partition coefficient (Wildman–Crippen LogP) is 5.86. The quantitative estimate of drug-likeness (QED) is 0.456. The summed E-state index contributed by atoms with van der Waals surface area (Å²) < 4.78 is 36.1. The van der Waals surface area contributed by atoms with E-state index in [0.29, 0.717) is 18.5 Å². The highest BCUT2D eigenvalue weighted by molar-refractivity contribution is 7.83. The van der Waals surface area contributed by atoms with Crippen molar-refractivity contribution in [2.45, 2.75) is 50.4 Å². The molecule has 1 saturated heterocycles. The molecule has 1 amide bonds. The van der Waals surface area contributed by atoms with Crippen molar-refractivity contribution in [2.24, 2.45) is 0 Å². The van der Waals surface area contributed by atoms with Gasteiger partial charge in [0.1, 0.15) is 12.4 Å². The van der Waals surface area contributed by atoms with Crippen LogP contribution in [0.3, 0.4) is 0 Å². The maximum absolute atomic E-state index is 14.3. The highest BCUT2D eigenvalue weighted by Crippen LogP contribution is 2.44. The lowest BCUT2D eigenvalue weighted by molar-refractivity contribution is 0.0938. The van der Waals surface area contributed by atoms with Crippen LogP contribution in [0, 0.1) is 12.7 Å². The number of amides is 1. The van der Waals surface area contributed by atoms with E-state index in [9.17, 15) is 13.4 Å². The molecule has 5 nitrogen and oxygen atoms in total. The van der Waals surface area contributed by atoms with Gasteiger partial charge >= 0.3 is 6.09 Å². The lowest BCUT2D eigenvalue weighted by Gasteiger charge is -2.29. The molecule has 1 unspecified atom stereocenters. The zero-order chi connectivity index (χ0) is 25.4. The summed E-state index contributed by atoms with van der Waals surface area (Å²) in [7, 11) is -1.27. The second-order valence-corrected chi connectivity index (χ2v) is 11.6. The molecule has 5 rings (SSSR count). The average Bonchev–Trinajstić information content (AvgIpc) is 3.41. The molecule has 1 fully saturated rings. The zero-order valence-electron chi connectivity index (χ0n) is 20.7. The third-order valence-electron chi connectivity index (χ3n) is 7.07. The van der Waals surface area contributed by atoms with Crippen molar-refractivity contribution in [1.29, 1.82) is 0 Å². The maximum Gasteiger partial charge on any atom is 0.410 e. The van der Waals surface area contributed by atoms with E-state index in [-0.39, 0.29) is 29.6 Å². The number of carbonyl (C=O) groups excluding carboxylic acids is 1. The van der Waals surface area contributed by atoms with Gasteiger partial charge in [-0.05, 0) is 72.7 Å². The molecule has 7 heteroatoms. The van der Waals surface area contributed by atoms with Gasteiger partial charge in [0.2, 0.25) is 0 Å². The number of hydrogen-bond acceptors (Lipinski definition) is 3. The molecule has 3 aromatic rings. The van der Waals surface area contributed by atoms with E-state index in [1.807, 2.05) is 51.1 Å². The summed E-state index contributed by atoms with van der Waals surface area (Å²) in [4.78, 5) is 15.1. The fraction of sp³-hybridized carbons (Fsp3) is 0.345. The summed E-state index contributed by atoms with van der Waals surface area (Å²) >= 11 is 0. The molecule has 1 N–H and O–H groups in total. The van der Waals surface area contributed by atoms with Crippen molar-refractivity contribution in [3.8, 4) is 11.1 Å². The first kappa shape index (κ1) is 24.7. The normalized spacial score (nSPS) is 19.9. The SMILES string of the molecule is Cc1cc(F)cc([C@@H]2[C@H](NS(=O)C(C)C)CCN2C(=O)OCC2c3ccccc3-c3ccccc32)c1. The topological polar surface area (TPSA) is 58.6 Å². The van der Waals surface area contributed by atoms with Gasteiger partial charge in [-0.1, -0.05) is 54.6 Å². The van der Waals surface area contributed by atoms with Gasteiger partial charge in [-0.3, -0.25) is 4.90 Å². The van der Waals surface area contributed by atoms with Crippen LogP contribution in [0.25, 0.3) is 11.1 Å². The Bertz CT molecular complexity index is 1250. The van der Waals surface area contributed by atoms with Gasteiger partial charge in [0.15, 0.2) is 0 Å². The summed E-state index contributed by atoms with van der Waals surface area (Å²) in [5.74, 6) is -0.394. The lowest BCUT2D eigenvalue weighted by Crippen LogP contribution is -2.41. The highest BCUT2D eigenvalue weighted by atomic mass is 32.2. The van der Waals surface area contributed by atoms with Gasteiger partial charge < -0.3 is 4.74 Å². The molecule has 0 saturated carbocycles. The van der Waals surface area contributed by atoms with E-state index < -0.39 is 23.1 Å². The van der Waals surface area contributed by atoms with Crippen LogP contribution in [0.5, 0.6) is 0 Å². The Morgan fingerprint density at radius 2 is 1.72 bits per heavy atom. The molecule has 3 aromatic carbocycles. The van der Waals surface area contributed by atoms with Gasteiger partial charge in [0.05, 0.1) is 17.0 Å². The molecule has 2 aliphatic rings. The average molecular weight is 507 g/mol. The third-order valence-corrected chi connectivity index (χ3v) is 8.46. The van der Waals surface area contributed by atoms with Crippen LogP contribution < -0.4 is 4.72 Å². The summed E-state index contributed by atoms with van der Waals surface area (Å²) in [6.45, 7) is 6.23. The Morgan fingerprint density at radius 3 is 2.33 bits per heavy atom. The summed E-state index contributed by atoms with van der Waals surface area (Å²) in [6, 6.07) is 20.5. The maximum atomic E-state index is 14.3. The molecule has 1 aliphatic carbocycles. The Morgan fingerprint density at radius 1 is 1.08 bits per heavy atom. The largest absolute Gasteiger partial charge is 0.448 e. The van der Waals surface area contributed by atoms with Gasteiger partial charge in [-0.25, -0.2) is 18.1 Å². The Kier molecular flexibility index (Phi) is 6.95. The van der Waals surface area contributed by atoms with Crippen molar-refractivity contribution in [1.82, 2.24) is 9.62 Å². The van der Waals surface area contributed by atoms with Crippen LogP contribution in [-0.2, 0) is 15.7 Å². The molecule has 0 radical (unpaired) electrons. The second kappa shape index (κ2) is 10.1. The molecular formula is C29H31FN2O3S. The smallest absolute Gasteiger partial charge is 0.410 e. The number of aryl methyl sites for hydroxylation is 1. The van der Waals surface area contributed by atoms with Crippen LogP contribution >= 0.6 is 0 Å². The van der Waals surface area contributed by atoms with Crippen molar-refractivity contribution in [3.63, 3.8) is 0 Å².